The van der Waals surface area contributed by atoms with Gasteiger partial charge in [-0.2, -0.15) is 0 Å². The van der Waals surface area contributed by atoms with Gasteiger partial charge in [-0.05, 0) is 86.9 Å². The molecule has 0 aromatic carbocycles. The van der Waals surface area contributed by atoms with Crippen LogP contribution in [0.5, 0.6) is 0 Å². The van der Waals surface area contributed by atoms with Gasteiger partial charge in [0.2, 0.25) is 0 Å². The number of hydrogen-bond acceptors (Lipinski definition) is 4. The summed E-state index contributed by atoms with van der Waals surface area (Å²) in [5, 5.41) is 30.7. The Kier molecular flexibility index (Phi) is 4.14. The first-order valence-electron chi connectivity index (χ1n) is 10.3. The van der Waals surface area contributed by atoms with Gasteiger partial charge in [0.05, 0.1) is 6.10 Å². The molecule has 0 aromatic heterocycles. The van der Waals surface area contributed by atoms with Crippen LogP contribution in [0.1, 0.15) is 71.6 Å². The lowest BCUT2D eigenvalue weighted by atomic mass is 9.44. The van der Waals surface area contributed by atoms with Crippen LogP contribution in [0.4, 0.5) is 0 Å². The fourth-order valence-corrected chi connectivity index (χ4v) is 7.84. The summed E-state index contributed by atoms with van der Waals surface area (Å²) in [5.74, 6) is 1.87. The Morgan fingerprint density at radius 1 is 1.00 bits per heavy atom. The van der Waals surface area contributed by atoms with Crippen molar-refractivity contribution < 1.29 is 20.1 Å². The maximum absolute atomic E-state index is 12.4. The van der Waals surface area contributed by atoms with Crippen LogP contribution < -0.4 is 0 Å². The zero-order valence-corrected chi connectivity index (χ0v) is 15.7. The minimum absolute atomic E-state index is 0.123. The first-order chi connectivity index (χ1) is 11.8. The number of fused-ring (bicyclic) bond motifs is 5. The topological polar surface area (TPSA) is 77.8 Å². The Morgan fingerprint density at radius 3 is 2.44 bits per heavy atom. The molecule has 1 unspecified atom stereocenters. The van der Waals surface area contributed by atoms with E-state index in [9.17, 15) is 20.1 Å². The summed E-state index contributed by atoms with van der Waals surface area (Å²) in [6, 6.07) is 0. The minimum atomic E-state index is -1.34. The molecule has 142 valence electrons. The maximum atomic E-state index is 12.4. The number of carbonyl (C=O) groups excluding carboxylic acids is 1. The predicted octanol–water partition coefficient (Wildman–Crippen LogP) is 2.68. The second-order valence-electron chi connectivity index (χ2n) is 10.0. The van der Waals surface area contributed by atoms with Gasteiger partial charge in [0.15, 0.2) is 5.78 Å². The molecule has 4 heteroatoms. The standard InChI is InChI=1S/C21H34O4/c1-19-8-5-14(23)11-13(19)3-4-15-16(19)6-9-20(2)17(15)7-10-21(20,25)18(24)12-22/h13-17,22-23,25H,3-12H2,1-2H3/t13-,14?,15-,16+,17+,19+,20+,21+/m1/s1. The molecule has 0 heterocycles. The minimum Gasteiger partial charge on any atom is -0.393 e. The van der Waals surface area contributed by atoms with E-state index in [1.807, 2.05) is 0 Å². The van der Waals surface area contributed by atoms with Crippen LogP contribution >= 0.6 is 0 Å². The molecule has 3 N–H and O–H groups in total. The molecular weight excluding hydrogens is 316 g/mol. The number of aliphatic hydroxyl groups is 3. The Labute approximate surface area is 151 Å². The molecule has 4 nitrogen and oxygen atoms in total. The highest BCUT2D eigenvalue weighted by atomic mass is 16.3. The summed E-state index contributed by atoms with van der Waals surface area (Å²) in [6.45, 7) is 4.00. The molecule has 0 aliphatic heterocycles. The third kappa shape index (κ3) is 2.26. The van der Waals surface area contributed by atoms with Crippen molar-refractivity contribution >= 4 is 5.78 Å². The molecule has 25 heavy (non-hydrogen) atoms. The van der Waals surface area contributed by atoms with E-state index in [-0.39, 0.29) is 17.3 Å². The van der Waals surface area contributed by atoms with Crippen LogP contribution in [0.2, 0.25) is 0 Å². The number of rotatable bonds is 2. The highest BCUT2D eigenvalue weighted by Crippen LogP contribution is 2.68. The number of aliphatic hydroxyl groups excluding tert-OH is 2. The Bertz CT molecular complexity index is 562. The van der Waals surface area contributed by atoms with Crippen molar-refractivity contribution in [1.29, 1.82) is 0 Å². The van der Waals surface area contributed by atoms with Gasteiger partial charge < -0.3 is 15.3 Å². The van der Waals surface area contributed by atoms with Crippen molar-refractivity contribution in [3.63, 3.8) is 0 Å². The van der Waals surface area contributed by atoms with E-state index < -0.39 is 12.2 Å². The molecule has 8 atom stereocenters. The van der Waals surface area contributed by atoms with E-state index in [1.54, 1.807) is 0 Å². The average Bonchev–Trinajstić information content (AvgIpc) is 2.87. The molecule has 4 fully saturated rings. The van der Waals surface area contributed by atoms with E-state index in [0.29, 0.717) is 35.5 Å². The van der Waals surface area contributed by atoms with Gasteiger partial charge in [-0.25, -0.2) is 0 Å². The molecule has 4 aliphatic carbocycles. The third-order valence-corrected chi connectivity index (χ3v) is 9.39. The molecule has 4 saturated carbocycles. The van der Waals surface area contributed by atoms with Gasteiger partial charge in [-0.3, -0.25) is 4.79 Å². The molecule has 0 amide bonds. The van der Waals surface area contributed by atoms with Gasteiger partial charge in [0.25, 0.3) is 0 Å². The zero-order chi connectivity index (χ0) is 18.0. The van der Waals surface area contributed by atoms with Crippen LogP contribution in [0.25, 0.3) is 0 Å². The Balaban J connectivity index is 1.63. The van der Waals surface area contributed by atoms with Crippen LogP contribution in [-0.4, -0.2) is 39.4 Å². The van der Waals surface area contributed by atoms with Gasteiger partial charge in [-0.1, -0.05) is 13.8 Å². The number of carbonyl (C=O) groups is 1. The number of hydrogen-bond donors (Lipinski definition) is 3. The largest absolute Gasteiger partial charge is 0.393 e. The quantitative estimate of drug-likeness (QED) is 0.715. The Hall–Kier alpha value is -0.450. The van der Waals surface area contributed by atoms with Crippen molar-refractivity contribution in [1.82, 2.24) is 0 Å². The van der Waals surface area contributed by atoms with Gasteiger partial charge >= 0.3 is 0 Å². The molecular formula is C21H34O4. The monoisotopic (exact) mass is 350 g/mol. The lowest BCUT2D eigenvalue weighted by Crippen LogP contribution is -2.59. The molecule has 4 rings (SSSR count). The molecule has 4 aliphatic rings. The van der Waals surface area contributed by atoms with Crippen molar-refractivity contribution in [3.8, 4) is 0 Å². The first kappa shape index (κ1) is 17.9. The van der Waals surface area contributed by atoms with Crippen molar-refractivity contribution in [2.24, 2.45) is 34.5 Å². The smallest absolute Gasteiger partial charge is 0.190 e. The molecule has 0 spiro atoms. The van der Waals surface area contributed by atoms with Crippen molar-refractivity contribution in [2.75, 3.05) is 6.61 Å². The van der Waals surface area contributed by atoms with Crippen LogP contribution in [0.15, 0.2) is 0 Å². The second-order valence-corrected chi connectivity index (χ2v) is 10.0. The predicted molar refractivity (Wildman–Crippen MR) is 94.8 cm³/mol. The van der Waals surface area contributed by atoms with Gasteiger partial charge in [-0.15, -0.1) is 0 Å². The summed E-state index contributed by atoms with van der Waals surface area (Å²) in [4.78, 5) is 12.4. The van der Waals surface area contributed by atoms with E-state index >= 15 is 0 Å². The summed E-state index contributed by atoms with van der Waals surface area (Å²) in [7, 11) is 0. The third-order valence-electron chi connectivity index (χ3n) is 9.39. The van der Waals surface area contributed by atoms with Gasteiger partial charge in [0.1, 0.15) is 12.2 Å². The Morgan fingerprint density at radius 2 is 1.72 bits per heavy atom. The van der Waals surface area contributed by atoms with E-state index in [0.717, 1.165) is 38.5 Å². The summed E-state index contributed by atoms with van der Waals surface area (Å²) in [6.07, 6.45) is 8.58. The number of ketones is 1. The highest BCUT2D eigenvalue weighted by Gasteiger charge is 2.66. The lowest BCUT2D eigenvalue weighted by molar-refractivity contribution is -0.174. The SMILES string of the molecule is C[C@]12CCC(O)C[C@H]1CC[C@@H]1[C@@H]2CC[C@@]2(C)[C@H]1CC[C@]2(O)C(=O)CO. The fourth-order valence-electron chi connectivity index (χ4n) is 7.84. The zero-order valence-electron chi connectivity index (χ0n) is 15.7. The lowest BCUT2D eigenvalue weighted by Gasteiger charge is -2.61. The number of Topliss-reactive ketones (excluding diaryl/α,β-unsaturated/α-hetero) is 1. The van der Waals surface area contributed by atoms with Crippen molar-refractivity contribution in [2.45, 2.75) is 83.3 Å². The normalized spacial score (nSPS) is 55.2. The molecule has 0 saturated heterocycles. The summed E-state index contributed by atoms with van der Waals surface area (Å²) in [5.41, 5.74) is -1.41. The first-order valence-corrected chi connectivity index (χ1v) is 10.3. The van der Waals surface area contributed by atoms with E-state index in [4.69, 9.17) is 0 Å². The average molecular weight is 350 g/mol. The summed E-state index contributed by atoms with van der Waals surface area (Å²) >= 11 is 0. The van der Waals surface area contributed by atoms with Crippen molar-refractivity contribution in [3.05, 3.63) is 0 Å². The summed E-state index contributed by atoms with van der Waals surface area (Å²) < 4.78 is 0. The highest BCUT2D eigenvalue weighted by molar-refractivity contribution is 5.89. The maximum Gasteiger partial charge on any atom is 0.190 e. The molecule has 0 radical (unpaired) electrons. The van der Waals surface area contributed by atoms with E-state index in [1.165, 1.54) is 12.8 Å². The molecule has 0 aromatic rings. The van der Waals surface area contributed by atoms with E-state index in [2.05, 4.69) is 13.8 Å². The van der Waals surface area contributed by atoms with Crippen LogP contribution in [0, 0.1) is 34.5 Å². The second kappa shape index (κ2) is 5.77. The van der Waals surface area contributed by atoms with Crippen LogP contribution in [-0.2, 0) is 4.79 Å². The fraction of sp³-hybridized carbons (Fsp3) is 0.952. The molecule has 0 bridgehead atoms. The van der Waals surface area contributed by atoms with Gasteiger partial charge in [0, 0.05) is 5.41 Å². The van der Waals surface area contributed by atoms with Crippen LogP contribution in [0.3, 0.4) is 0 Å².